The van der Waals surface area contributed by atoms with E-state index in [-0.39, 0.29) is 24.4 Å². The number of amides is 2. The molecule has 5 heteroatoms. The SMILES string of the molecule is CC1CC(C)CN(C(C)C(=O)N2CC(=O)Nc3ccccc32)C1. The van der Waals surface area contributed by atoms with E-state index < -0.39 is 0 Å². The van der Waals surface area contributed by atoms with E-state index in [9.17, 15) is 9.59 Å². The Balaban J connectivity index is 1.81. The number of anilines is 2. The minimum atomic E-state index is -0.209. The van der Waals surface area contributed by atoms with Gasteiger partial charge in [-0.1, -0.05) is 26.0 Å². The first-order chi connectivity index (χ1) is 11.0. The molecule has 1 fully saturated rings. The summed E-state index contributed by atoms with van der Waals surface area (Å²) >= 11 is 0. The zero-order chi connectivity index (χ0) is 16.6. The Bertz CT molecular complexity index is 606. The van der Waals surface area contributed by atoms with Crippen LogP contribution in [0.5, 0.6) is 0 Å². The highest BCUT2D eigenvalue weighted by Gasteiger charge is 2.34. The standard InChI is InChI=1S/C18H25N3O2/c1-12-8-13(2)10-20(9-12)14(3)18(23)21-11-17(22)19-15-6-4-5-7-16(15)21/h4-7,12-14H,8-11H2,1-3H3,(H,19,22). The second-order valence-electron chi connectivity index (χ2n) is 7.07. The van der Waals surface area contributed by atoms with E-state index in [4.69, 9.17) is 0 Å². The summed E-state index contributed by atoms with van der Waals surface area (Å²) in [6, 6.07) is 7.28. The maximum absolute atomic E-state index is 13.0. The van der Waals surface area contributed by atoms with Crippen LogP contribution < -0.4 is 10.2 Å². The van der Waals surface area contributed by atoms with Crippen LogP contribution in [0.15, 0.2) is 24.3 Å². The average Bonchev–Trinajstić information content (AvgIpc) is 2.51. The Labute approximate surface area is 137 Å². The van der Waals surface area contributed by atoms with Gasteiger partial charge in [0.2, 0.25) is 11.8 Å². The van der Waals surface area contributed by atoms with E-state index in [0.29, 0.717) is 17.5 Å². The van der Waals surface area contributed by atoms with Crippen molar-refractivity contribution in [3.63, 3.8) is 0 Å². The Hall–Kier alpha value is -1.88. The van der Waals surface area contributed by atoms with Crippen molar-refractivity contribution in [1.29, 1.82) is 0 Å². The molecule has 1 N–H and O–H groups in total. The Morgan fingerprint density at radius 3 is 2.57 bits per heavy atom. The predicted molar refractivity (Wildman–Crippen MR) is 91.4 cm³/mol. The number of rotatable bonds is 2. The lowest BCUT2D eigenvalue weighted by Gasteiger charge is -2.40. The second kappa shape index (κ2) is 6.32. The minimum absolute atomic E-state index is 0.00796. The van der Waals surface area contributed by atoms with E-state index in [1.54, 1.807) is 4.90 Å². The maximum Gasteiger partial charge on any atom is 0.244 e. The summed E-state index contributed by atoms with van der Waals surface area (Å²) in [7, 11) is 0. The van der Waals surface area contributed by atoms with Gasteiger partial charge in [-0.3, -0.25) is 19.4 Å². The lowest BCUT2D eigenvalue weighted by Crippen LogP contribution is -2.54. The summed E-state index contributed by atoms with van der Waals surface area (Å²) < 4.78 is 0. The molecule has 3 rings (SSSR count). The number of benzene rings is 1. The molecule has 1 saturated heterocycles. The molecule has 0 aromatic heterocycles. The third-order valence-corrected chi connectivity index (χ3v) is 4.84. The highest BCUT2D eigenvalue weighted by atomic mass is 16.2. The van der Waals surface area contributed by atoms with Crippen LogP contribution in [0, 0.1) is 11.8 Å². The number of carbonyl (C=O) groups is 2. The largest absolute Gasteiger partial charge is 0.323 e. The molecule has 2 amide bonds. The average molecular weight is 315 g/mol. The molecule has 124 valence electrons. The summed E-state index contributed by atoms with van der Waals surface area (Å²) in [5, 5.41) is 2.83. The number of nitrogens with one attached hydrogen (secondary N) is 1. The van der Waals surface area contributed by atoms with E-state index in [0.717, 1.165) is 18.8 Å². The van der Waals surface area contributed by atoms with Crippen molar-refractivity contribution in [2.24, 2.45) is 11.8 Å². The summed E-state index contributed by atoms with van der Waals surface area (Å²) in [5.74, 6) is 1.08. The minimum Gasteiger partial charge on any atom is -0.323 e. The lowest BCUT2D eigenvalue weighted by atomic mass is 9.91. The molecule has 5 nitrogen and oxygen atoms in total. The molecule has 0 aliphatic carbocycles. The fraction of sp³-hybridized carbons (Fsp3) is 0.556. The number of nitrogens with zero attached hydrogens (tertiary/aromatic N) is 2. The third-order valence-electron chi connectivity index (χ3n) is 4.84. The summed E-state index contributed by atoms with van der Waals surface area (Å²) in [5.41, 5.74) is 1.51. The molecule has 0 saturated carbocycles. The van der Waals surface area contributed by atoms with Crippen molar-refractivity contribution in [2.75, 3.05) is 29.9 Å². The predicted octanol–water partition coefficient (Wildman–Crippen LogP) is 2.34. The molecular formula is C18H25N3O2. The van der Waals surface area contributed by atoms with Crippen LogP contribution in [-0.4, -0.2) is 42.4 Å². The van der Waals surface area contributed by atoms with Gasteiger partial charge in [-0.2, -0.15) is 0 Å². The molecule has 2 aliphatic heterocycles. The Kier molecular flexibility index (Phi) is 4.39. The van der Waals surface area contributed by atoms with Crippen LogP contribution in [-0.2, 0) is 9.59 Å². The zero-order valence-corrected chi connectivity index (χ0v) is 14.1. The Morgan fingerprint density at radius 1 is 1.22 bits per heavy atom. The number of piperidine rings is 1. The van der Waals surface area contributed by atoms with Gasteiger partial charge in [-0.05, 0) is 37.3 Å². The lowest BCUT2D eigenvalue weighted by molar-refractivity contribution is -0.126. The first-order valence-corrected chi connectivity index (χ1v) is 8.40. The molecule has 3 unspecified atom stereocenters. The molecular weight excluding hydrogens is 290 g/mol. The molecule has 1 aromatic rings. The molecule has 2 heterocycles. The zero-order valence-electron chi connectivity index (χ0n) is 14.1. The quantitative estimate of drug-likeness (QED) is 0.911. The van der Waals surface area contributed by atoms with Gasteiger partial charge in [0.05, 0.1) is 17.4 Å². The third kappa shape index (κ3) is 3.24. The molecule has 0 radical (unpaired) electrons. The highest BCUT2D eigenvalue weighted by Crippen LogP contribution is 2.30. The van der Waals surface area contributed by atoms with Gasteiger partial charge in [-0.25, -0.2) is 0 Å². The fourth-order valence-corrected chi connectivity index (χ4v) is 3.84. The molecule has 0 spiro atoms. The molecule has 23 heavy (non-hydrogen) atoms. The van der Waals surface area contributed by atoms with Crippen molar-refractivity contribution in [2.45, 2.75) is 33.2 Å². The molecule has 3 atom stereocenters. The topological polar surface area (TPSA) is 52.7 Å². The van der Waals surface area contributed by atoms with Crippen molar-refractivity contribution >= 4 is 23.2 Å². The van der Waals surface area contributed by atoms with E-state index in [1.165, 1.54) is 6.42 Å². The van der Waals surface area contributed by atoms with E-state index >= 15 is 0 Å². The maximum atomic E-state index is 13.0. The van der Waals surface area contributed by atoms with Crippen LogP contribution >= 0.6 is 0 Å². The second-order valence-corrected chi connectivity index (χ2v) is 7.07. The van der Waals surface area contributed by atoms with Crippen molar-refractivity contribution in [1.82, 2.24) is 4.90 Å². The van der Waals surface area contributed by atoms with Gasteiger partial charge in [0.1, 0.15) is 6.54 Å². The van der Waals surface area contributed by atoms with Gasteiger partial charge >= 0.3 is 0 Å². The number of hydrogen-bond acceptors (Lipinski definition) is 3. The summed E-state index contributed by atoms with van der Waals surface area (Å²) in [6.45, 7) is 8.42. The van der Waals surface area contributed by atoms with Gasteiger partial charge in [0, 0.05) is 13.1 Å². The number of likely N-dealkylation sites (tertiary alicyclic amines) is 1. The smallest absolute Gasteiger partial charge is 0.244 e. The van der Waals surface area contributed by atoms with Crippen LogP contribution in [0.2, 0.25) is 0 Å². The Morgan fingerprint density at radius 2 is 1.87 bits per heavy atom. The van der Waals surface area contributed by atoms with Crippen molar-refractivity contribution in [3.05, 3.63) is 24.3 Å². The van der Waals surface area contributed by atoms with Crippen LogP contribution in [0.25, 0.3) is 0 Å². The van der Waals surface area contributed by atoms with Gasteiger partial charge in [0.15, 0.2) is 0 Å². The molecule has 2 aliphatic rings. The van der Waals surface area contributed by atoms with Crippen LogP contribution in [0.3, 0.4) is 0 Å². The summed E-state index contributed by atoms with van der Waals surface area (Å²) in [4.78, 5) is 28.8. The van der Waals surface area contributed by atoms with Crippen molar-refractivity contribution in [3.8, 4) is 0 Å². The first kappa shape index (κ1) is 16.0. The normalized spacial score (nSPS) is 26.4. The van der Waals surface area contributed by atoms with Crippen molar-refractivity contribution < 1.29 is 9.59 Å². The van der Waals surface area contributed by atoms with Gasteiger partial charge < -0.3 is 5.32 Å². The number of hydrogen-bond donors (Lipinski definition) is 1. The highest BCUT2D eigenvalue weighted by molar-refractivity contribution is 6.11. The van der Waals surface area contributed by atoms with Crippen LogP contribution in [0.4, 0.5) is 11.4 Å². The van der Waals surface area contributed by atoms with E-state index in [1.807, 2.05) is 31.2 Å². The monoisotopic (exact) mass is 315 g/mol. The number of para-hydroxylation sites is 2. The first-order valence-electron chi connectivity index (χ1n) is 8.40. The molecule has 1 aromatic carbocycles. The van der Waals surface area contributed by atoms with Gasteiger partial charge in [-0.15, -0.1) is 0 Å². The van der Waals surface area contributed by atoms with E-state index in [2.05, 4.69) is 24.1 Å². The number of carbonyl (C=O) groups excluding carboxylic acids is 2. The summed E-state index contributed by atoms with van der Waals surface area (Å²) in [6.07, 6.45) is 1.21. The molecule has 0 bridgehead atoms. The van der Waals surface area contributed by atoms with Gasteiger partial charge in [0.25, 0.3) is 0 Å². The number of fused-ring (bicyclic) bond motifs is 1. The fourth-order valence-electron chi connectivity index (χ4n) is 3.84. The van der Waals surface area contributed by atoms with Crippen LogP contribution in [0.1, 0.15) is 27.2 Å².